The Balaban J connectivity index is 1.56. The molecule has 2 atom stereocenters. The molecule has 160 valence electrons. The predicted molar refractivity (Wildman–Crippen MR) is 112 cm³/mol. The topological polar surface area (TPSA) is 37.4 Å². The van der Waals surface area contributed by atoms with Gasteiger partial charge in [-0.3, -0.25) is 9.59 Å². The summed E-state index contributed by atoms with van der Waals surface area (Å²) in [7, 11) is 0. The first-order valence-corrected chi connectivity index (χ1v) is 10.5. The van der Waals surface area contributed by atoms with Gasteiger partial charge in [0, 0.05) is 11.3 Å². The lowest BCUT2D eigenvalue weighted by Gasteiger charge is -2.52. The van der Waals surface area contributed by atoms with E-state index in [0.717, 1.165) is 39.3 Å². The zero-order valence-corrected chi connectivity index (χ0v) is 17.1. The average Bonchev–Trinajstić information content (AvgIpc) is 3.05. The molecule has 2 bridgehead atoms. The molecular weight excluding hydrogens is 415 g/mol. The third kappa shape index (κ3) is 2.22. The number of halogens is 3. The minimum atomic E-state index is -4.56. The smallest absolute Gasteiger partial charge is 0.274 e. The van der Waals surface area contributed by atoms with Crippen LogP contribution in [0.25, 0.3) is 0 Å². The molecule has 1 saturated heterocycles. The van der Waals surface area contributed by atoms with Crippen LogP contribution < -0.4 is 4.90 Å². The Kier molecular flexibility index (Phi) is 3.67. The van der Waals surface area contributed by atoms with Crippen molar-refractivity contribution in [1.29, 1.82) is 0 Å². The summed E-state index contributed by atoms with van der Waals surface area (Å²) in [6.45, 7) is 1.98. The fourth-order valence-corrected chi connectivity index (χ4v) is 6.23. The molecule has 0 radical (unpaired) electrons. The van der Waals surface area contributed by atoms with Gasteiger partial charge in [0.25, 0.3) is 0 Å². The van der Waals surface area contributed by atoms with Crippen molar-refractivity contribution in [2.75, 3.05) is 4.90 Å². The summed E-state index contributed by atoms with van der Waals surface area (Å²) in [4.78, 5) is 28.4. The highest BCUT2D eigenvalue weighted by molar-refractivity contribution is 6.23. The van der Waals surface area contributed by atoms with Gasteiger partial charge < -0.3 is 0 Å². The molecule has 3 aliphatic carbocycles. The third-order valence-corrected chi connectivity index (χ3v) is 7.47. The largest absolute Gasteiger partial charge is 0.416 e. The zero-order chi connectivity index (χ0) is 22.4. The van der Waals surface area contributed by atoms with Crippen molar-refractivity contribution < 1.29 is 22.8 Å². The number of anilines is 1. The first-order valence-electron chi connectivity index (χ1n) is 10.5. The number of hydrogen-bond acceptors (Lipinski definition) is 2. The van der Waals surface area contributed by atoms with Gasteiger partial charge in [0.1, 0.15) is 0 Å². The van der Waals surface area contributed by atoms with Crippen LogP contribution in [0.3, 0.4) is 0 Å². The van der Waals surface area contributed by atoms with Crippen LogP contribution in [0.4, 0.5) is 18.9 Å². The fraction of sp³-hybridized carbons (Fsp3) is 0.231. The first kappa shape index (κ1) is 19.3. The highest BCUT2D eigenvalue weighted by Crippen LogP contribution is 2.64. The van der Waals surface area contributed by atoms with E-state index in [1.807, 2.05) is 55.5 Å². The second-order valence-corrected chi connectivity index (χ2v) is 8.92. The molecule has 0 saturated carbocycles. The van der Waals surface area contributed by atoms with Crippen molar-refractivity contribution in [1.82, 2.24) is 0 Å². The molecule has 3 aromatic carbocycles. The van der Waals surface area contributed by atoms with Gasteiger partial charge in [-0.15, -0.1) is 0 Å². The Labute approximate surface area is 182 Å². The molecule has 7 rings (SSSR count). The Hall–Kier alpha value is -3.41. The van der Waals surface area contributed by atoms with Gasteiger partial charge in [0.15, 0.2) is 0 Å². The summed E-state index contributed by atoms with van der Waals surface area (Å²) < 4.78 is 39.9. The number of nitrogens with zero attached hydrogens (tertiary/aromatic N) is 1. The van der Waals surface area contributed by atoms with Crippen LogP contribution in [0, 0.1) is 11.8 Å². The van der Waals surface area contributed by atoms with E-state index in [0.29, 0.717) is 0 Å². The fourth-order valence-electron chi connectivity index (χ4n) is 6.23. The van der Waals surface area contributed by atoms with E-state index in [4.69, 9.17) is 0 Å². The van der Waals surface area contributed by atoms with E-state index in [9.17, 15) is 22.8 Å². The number of amides is 2. The Morgan fingerprint density at radius 1 is 0.812 bits per heavy atom. The van der Waals surface area contributed by atoms with Crippen LogP contribution >= 0.6 is 0 Å². The normalized spacial score (nSPS) is 27.9. The summed E-state index contributed by atoms with van der Waals surface area (Å²) in [6.07, 6.45) is -4.56. The van der Waals surface area contributed by atoms with Crippen LogP contribution in [0.2, 0.25) is 0 Å². The molecular formula is C26H18F3NO2. The first-order chi connectivity index (χ1) is 15.2. The lowest BCUT2D eigenvalue weighted by molar-refractivity contribution is -0.137. The number of benzene rings is 3. The molecule has 0 unspecified atom stereocenters. The minimum absolute atomic E-state index is 0.0275. The summed E-state index contributed by atoms with van der Waals surface area (Å²) in [5.74, 6) is -2.48. The summed E-state index contributed by atoms with van der Waals surface area (Å²) in [6, 6.07) is 20.1. The number of carbonyl (C=O) groups is 2. The second-order valence-electron chi connectivity index (χ2n) is 8.92. The summed E-state index contributed by atoms with van der Waals surface area (Å²) in [5, 5.41) is 0. The van der Waals surface area contributed by atoms with Gasteiger partial charge in [0.05, 0.1) is 23.1 Å². The lowest BCUT2D eigenvalue weighted by atomic mass is 9.48. The van der Waals surface area contributed by atoms with Crippen LogP contribution in [-0.4, -0.2) is 11.8 Å². The molecule has 6 heteroatoms. The number of carbonyl (C=O) groups excluding carboxylic acids is 2. The molecule has 1 fully saturated rings. The van der Waals surface area contributed by atoms with E-state index in [1.165, 1.54) is 12.1 Å². The molecule has 1 heterocycles. The number of rotatable bonds is 1. The molecule has 32 heavy (non-hydrogen) atoms. The van der Waals surface area contributed by atoms with Crippen LogP contribution in [0.1, 0.15) is 40.7 Å². The van der Waals surface area contributed by atoms with Gasteiger partial charge >= 0.3 is 6.18 Å². The second kappa shape index (κ2) is 6.09. The SMILES string of the molecule is CC12c3ccccc3C(c3ccccc31)[C@H]1C(=O)N(c3cccc(C(F)(F)F)c3)C(=O)[C@@H]12. The molecule has 4 aliphatic rings. The van der Waals surface area contributed by atoms with E-state index in [2.05, 4.69) is 0 Å². The summed E-state index contributed by atoms with van der Waals surface area (Å²) >= 11 is 0. The Morgan fingerprint density at radius 3 is 2.00 bits per heavy atom. The van der Waals surface area contributed by atoms with Gasteiger partial charge in [-0.2, -0.15) is 13.2 Å². The van der Waals surface area contributed by atoms with Crippen molar-refractivity contribution in [2.24, 2.45) is 11.8 Å². The van der Waals surface area contributed by atoms with Gasteiger partial charge in [-0.1, -0.05) is 61.5 Å². The molecule has 1 aliphatic heterocycles. The maximum Gasteiger partial charge on any atom is 0.416 e. The van der Waals surface area contributed by atoms with E-state index < -0.39 is 40.8 Å². The van der Waals surface area contributed by atoms with Gasteiger partial charge in [0.2, 0.25) is 11.8 Å². The standard InChI is InChI=1S/C26H18F3NO2/c1-25-18-11-4-2-9-16(18)20(17-10-3-5-12-19(17)25)21-22(25)24(32)30(23(21)31)15-8-6-7-14(13-15)26(27,28)29/h2-13,20-22H,1H3/t20?,21-,22-,25?/m1/s1. The van der Waals surface area contributed by atoms with Gasteiger partial charge in [-0.05, 0) is 40.5 Å². The number of hydrogen-bond donors (Lipinski definition) is 0. The molecule has 2 amide bonds. The lowest BCUT2D eigenvalue weighted by Crippen LogP contribution is -2.51. The maximum absolute atomic E-state index is 13.8. The summed E-state index contributed by atoms with van der Waals surface area (Å²) in [5.41, 5.74) is 2.40. The molecule has 3 nitrogen and oxygen atoms in total. The Bertz CT molecular complexity index is 1260. The molecule has 0 spiro atoms. The maximum atomic E-state index is 13.8. The third-order valence-electron chi connectivity index (χ3n) is 7.47. The number of alkyl halides is 3. The van der Waals surface area contributed by atoms with Crippen molar-refractivity contribution in [2.45, 2.75) is 24.4 Å². The Morgan fingerprint density at radius 2 is 1.41 bits per heavy atom. The minimum Gasteiger partial charge on any atom is -0.274 e. The highest BCUT2D eigenvalue weighted by Gasteiger charge is 2.66. The van der Waals surface area contributed by atoms with Crippen molar-refractivity contribution in [3.8, 4) is 0 Å². The molecule has 3 aromatic rings. The molecule has 0 aromatic heterocycles. The molecule has 0 N–H and O–H groups in total. The van der Waals surface area contributed by atoms with Crippen molar-refractivity contribution in [3.05, 3.63) is 101 Å². The zero-order valence-electron chi connectivity index (χ0n) is 17.1. The highest BCUT2D eigenvalue weighted by atomic mass is 19.4. The van der Waals surface area contributed by atoms with E-state index >= 15 is 0 Å². The van der Waals surface area contributed by atoms with Crippen LogP contribution in [-0.2, 0) is 21.2 Å². The van der Waals surface area contributed by atoms with Crippen molar-refractivity contribution >= 4 is 17.5 Å². The van der Waals surface area contributed by atoms with Gasteiger partial charge in [-0.25, -0.2) is 4.90 Å². The van der Waals surface area contributed by atoms with E-state index in [-0.39, 0.29) is 11.6 Å². The quantitative estimate of drug-likeness (QED) is 0.490. The van der Waals surface area contributed by atoms with E-state index in [1.54, 1.807) is 0 Å². The van der Waals surface area contributed by atoms with Crippen molar-refractivity contribution in [3.63, 3.8) is 0 Å². The predicted octanol–water partition coefficient (Wildman–Crippen LogP) is 5.28. The van der Waals surface area contributed by atoms with Crippen LogP contribution in [0.15, 0.2) is 72.8 Å². The monoisotopic (exact) mass is 433 g/mol. The average molecular weight is 433 g/mol. The number of imide groups is 1. The van der Waals surface area contributed by atoms with Crippen LogP contribution in [0.5, 0.6) is 0 Å².